The number of quaternary nitrogens is 1. The van der Waals surface area contributed by atoms with Gasteiger partial charge in [-0.25, -0.2) is 0 Å². The maximum Gasteiger partial charge on any atom is 0.114 e. The Bertz CT molecular complexity index is 518. The molecule has 1 heterocycles. The molecule has 0 amide bonds. The molecule has 4 rings (SSSR count). The van der Waals surface area contributed by atoms with Gasteiger partial charge in [-0.3, -0.25) is 0 Å². The molecule has 120 valence electrons. The summed E-state index contributed by atoms with van der Waals surface area (Å²) in [7, 11) is 0. The molecule has 0 aromatic heterocycles. The molecule has 22 heavy (non-hydrogen) atoms. The van der Waals surface area contributed by atoms with Crippen molar-refractivity contribution in [2.75, 3.05) is 13.1 Å². The summed E-state index contributed by atoms with van der Waals surface area (Å²) in [5.74, 6) is 0. The highest BCUT2D eigenvalue weighted by molar-refractivity contribution is 5.37. The molecule has 1 saturated heterocycles. The lowest BCUT2D eigenvalue weighted by molar-refractivity contribution is -0.936. The number of benzene rings is 1. The van der Waals surface area contributed by atoms with Gasteiger partial charge in [-0.2, -0.15) is 0 Å². The number of hydrogen-bond acceptors (Lipinski definition) is 1. The highest BCUT2D eigenvalue weighted by Gasteiger charge is 2.43. The van der Waals surface area contributed by atoms with Crippen LogP contribution >= 0.6 is 0 Å². The van der Waals surface area contributed by atoms with E-state index in [1.54, 1.807) is 16.0 Å². The first kappa shape index (κ1) is 14.7. The molecule has 0 radical (unpaired) electrons. The van der Waals surface area contributed by atoms with E-state index in [1.165, 1.54) is 64.5 Å². The number of fused-ring (bicyclic) bond motifs is 2. The molecule has 3 aliphatic rings. The number of nitrogens with one attached hydrogen (secondary N) is 1. The third kappa shape index (κ3) is 2.51. The van der Waals surface area contributed by atoms with E-state index in [4.69, 9.17) is 0 Å². The van der Waals surface area contributed by atoms with E-state index in [1.807, 2.05) is 0 Å². The van der Waals surface area contributed by atoms with Gasteiger partial charge in [0.15, 0.2) is 0 Å². The number of likely N-dealkylation sites (tertiary alicyclic amines) is 1. The predicted molar refractivity (Wildman–Crippen MR) is 89.3 cm³/mol. The van der Waals surface area contributed by atoms with Gasteiger partial charge < -0.3 is 10.0 Å². The first-order valence-corrected chi connectivity index (χ1v) is 9.40. The van der Waals surface area contributed by atoms with Crippen LogP contribution in [0.1, 0.15) is 62.5 Å². The monoisotopic (exact) mass is 300 g/mol. The molecule has 1 aliphatic heterocycles. The van der Waals surface area contributed by atoms with Gasteiger partial charge in [-0.05, 0) is 43.2 Å². The van der Waals surface area contributed by atoms with Crippen LogP contribution in [0.2, 0.25) is 0 Å². The van der Waals surface area contributed by atoms with Gasteiger partial charge in [0.25, 0.3) is 0 Å². The fraction of sp³-hybridized carbons (Fsp3) is 0.700. The van der Waals surface area contributed by atoms with Gasteiger partial charge in [0.05, 0.1) is 13.1 Å². The summed E-state index contributed by atoms with van der Waals surface area (Å²) in [6.07, 6.45) is 11.4. The van der Waals surface area contributed by atoms with Gasteiger partial charge in [-0.15, -0.1) is 0 Å². The lowest BCUT2D eigenvalue weighted by atomic mass is 9.64. The van der Waals surface area contributed by atoms with Crippen molar-refractivity contribution >= 4 is 0 Å². The van der Waals surface area contributed by atoms with E-state index in [9.17, 15) is 5.11 Å². The van der Waals surface area contributed by atoms with Crippen LogP contribution in [-0.2, 0) is 11.8 Å². The van der Waals surface area contributed by atoms with Crippen LogP contribution in [0.15, 0.2) is 24.3 Å². The molecule has 2 fully saturated rings. The van der Waals surface area contributed by atoms with Crippen molar-refractivity contribution in [1.29, 1.82) is 0 Å². The van der Waals surface area contributed by atoms with E-state index in [2.05, 4.69) is 24.3 Å². The summed E-state index contributed by atoms with van der Waals surface area (Å²) in [5, 5.41) is 10.4. The summed E-state index contributed by atoms with van der Waals surface area (Å²) >= 11 is 0. The highest BCUT2D eigenvalue weighted by Crippen LogP contribution is 2.43. The molecule has 2 N–H and O–H groups in total. The van der Waals surface area contributed by atoms with Crippen LogP contribution in [-0.4, -0.2) is 30.3 Å². The first-order chi connectivity index (χ1) is 10.8. The van der Waals surface area contributed by atoms with Crippen LogP contribution in [0.3, 0.4) is 0 Å². The van der Waals surface area contributed by atoms with E-state index < -0.39 is 0 Å². The molecule has 1 aromatic carbocycles. The molecule has 2 aliphatic carbocycles. The minimum atomic E-state index is -0.0450. The van der Waals surface area contributed by atoms with Crippen molar-refractivity contribution in [1.82, 2.24) is 0 Å². The van der Waals surface area contributed by atoms with Crippen LogP contribution in [0.5, 0.6) is 0 Å². The van der Waals surface area contributed by atoms with Crippen molar-refractivity contribution in [3.05, 3.63) is 35.4 Å². The second kappa shape index (κ2) is 5.98. The fourth-order valence-electron chi connectivity index (χ4n) is 5.53. The number of hydrogen-bond donors (Lipinski definition) is 2. The van der Waals surface area contributed by atoms with Crippen LogP contribution in [0.4, 0.5) is 0 Å². The Morgan fingerprint density at radius 3 is 2.55 bits per heavy atom. The maximum absolute atomic E-state index is 10.4. The topological polar surface area (TPSA) is 24.7 Å². The van der Waals surface area contributed by atoms with E-state index in [0.717, 1.165) is 6.42 Å². The summed E-state index contributed by atoms with van der Waals surface area (Å²) in [6.45, 7) is 2.52. The Morgan fingerprint density at radius 1 is 0.955 bits per heavy atom. The normalized spacial score (nSPS) is 38.7. The molecule has 1 aromatic rings. The Kier molecular flexibility index (Phi) is 4.00. The third-order valence-electron chi connectivity index (χ3n) is 6.79. The molecular weight excluding hydrogens is 270 g/mol. The summed E-state index contributed by atoms with van der Waals surface area (Å²) in [6, 6.07) is 9.70. The molecule has 1 saturated carbocycles. The third-order valence-corrected chi connectivity index (χ3v) is 6.79. The second-order valence-electron chi connectivity index (χ2n) is 7.91. The van der Waals surface area contributed by atoms with Gasteiger partial charge in [0, 0.05) is 24.7 Å². The van der Waals surface area contributed by atoms with Crippen LogP contribution < -0.4 is 4.90 Å². The molecule has 0 unspecified atom stereocenters. The Balaban J connectivity index is 1.50. The minimum Gasteiger partial charge on any atom is -0.387 e. The zero-order chi connectivity index (χ0) is 15.0. The summed E-state index contributed by atoms with van der Waals surface area (Å²) < 4.78 is 0. The van der Waals surface area contributed by atoms with E-state index in [-0.39, 0.29) is 6.10 Å². The SMILES string of the molecule is O[C@@H]1CCCC[C@H]1[NH+]1CCC2(CCCc3ccccc32)CC1. The summed E-state index contributed by atoms with van der Waals surface area (Å²) in [5.41, 5.74) is 3.72. The van der Waals surface area contributed by atoms with Crippen molar-refractivity contribution < 1.29 is 10.0 Å². The molecule has 2 atom stereocenters. The average molecular weight is 300 g/mol. The Morgan fingerprint density at radius 2 is 1.73 bits per heavy atom. The molecule has 2 heteroatoms. The van der Waals surface area contributed by atoms with Gasteiger partial charge in [-0.1, -0.05) is 30.7 Å². The van der Waals surface area contributed by atoms with Gasteiger partial charge in [0.2, 0.25) is 0 Å². The van der Waals surface area contributed by atoms with E-state index >= 15 is 0 Å². The average Bonchev–Trinajstić information content (AvgIpc) is 2.57. The number of aryl methyl sites for hydroxylation is 1. The number of aliphatic hydroxyl groups is 1. The molecular formula is C20H30NO+. The standard InChI is InChI=1S/C20H29NO/c22-19-10-4-3-9-18(19)21-14-12-20(13-15-21)11-5-7-16-6-1-2-8-17(16)20/h1-2,6,8,18-19,22H,3-5,7,9-15H2/p+1/t18-,19-/m1/s1. The fourth-order valence-corrected chi connectivity index (χ4v) is 5.53. The number of aliphatic hydroxyl groups excluding tert-OH is 1. The van der Waals surface area contributed by atoms with Crippen LogP contribution in [0, 0.1) is 0 Å². The predicted octanol–water partition coefficient (Wildman–Crippen LogP) is 2.24. The van der Waals surface area contributed by atoms with Crippen molar-refractivity contribution in [2.24, 2.45) is 0 Å². The quantitative estimate of drug-likeness (QED) is 0.817. The summed E-state index contributed by atoms with van der Waals surface area (Å²) in [4.78, 5) is 1.70. The van der Waals surface area contributed by atoms with Crippen molar-refractivity contribution in [3.63, 3.8) is 0 Å². The Hall–Kier alpha value is -0.860. The second-order valence-corrected chi connectivity index (χ2v) is 7.91. The van der Waals surface area contributed by atoms with Gasteiger partial charge >= 0.3 is 0 Å². The van der Waals surface area contributed by atoms with Crippen molar-refractivity contribution in [2.45, 2.75) is 75.3 Å². The molecule has 2 nitrogen and oxygen atoms in total. The van der Waals surface area contributed by atoms with Gasteiger partial charge in [0.1, 0.15) is 12.1 Å². The molecule has 0 bridgehead atoms. The number of rotatable bonds is 1. The lowest BCUT2D eigenvalue weighted by Crippen LogP contribution is -3.18. The maximum atomic E-state index is 10.4. The Labute approximate surface area is 134 Å². The smallest absolute Gasteiger partial charge is 0.114 e. The molecule has 1 spiro atoms. The zero-order valence-corrected chi connectivity index (χ0v) is 13.7. The lowest BCUT2D eigenvalue weighted by Gasteiger charge is -2.46. The van der Waals surface area contributed by atoms with Crippen LogP contribution in [0.25, 0.3) is 0 Å². The number of piperidine rings is 1. The van der Waals surface area contributed by atoms with E-state index in [0.29, 0.717) is 11.5 Å². The minimum absolute atomic E-state index is 0.0450. The largest absolute Gasteiger partial charge is 0.387 e. The highest BCUT2D eigenvalue weighted by atomic mass is 16.3. The first-order valence-electron chi connectivity index (χ1n) is 9.40. The zero-order valence-electron chi connectivity index (χ0n) is 13.7. The van der Waals surface area contributed by atoms with Crippen molar-refractivity contribution in [3.8, 4) is 0 Å².